The summed E-state index contributed by atoms with van der Waals surface area (Å²) in [6, 6.07) is 3.15. The molecule has 1 unspecified atom stereocenters. The smallest absolute Gasteiger partial charge is 0.377 e. The number of amides is 2. The summed E-state index contributed by atoms with van der Waals surface area (Å²) in [4.78, 5) is 52.4. The third kappa shape index (κ3) is 15.1. The first-order valence-corrected chi connectivity index (χ1v) is 18.6. The minimum atomic E-state index is -2.93. The minimum absolute atomic E-state index is 0.0877. The van der Waals surface area contributed by atoms with Crippen LogP contribution in [0.2, 0.25) is 0 Å². The summed E-state index contributed by atoms with van der Waals surface area (Å²) in [5.41, 5.74) is 5.90. The molecule has 0 aromatic carbocycles. The van der Waals surface area contributed by atoms with Crippen LogP contribution < -0.4 is 16.4 Å². The van der Waals surface area contributed by atoms with Crippen LogP contribution in [-0.2, 0) is 47.0 Å². The Morgan fingerprint density at radius 3 is 2.22 bits per heavy atom. The quantitative estimate of drug-likeness (QED) is 0.0858. The minimum Gasteiger partial charge on any atom is -0.377 e. The molecule has 2 saturated heterocycles. The molecule has 3 rings (SSSR count). The topological polar surface area (TPSA) is 179 Å². The standard InChI is InChI=1S/C28H50N7O9.Ga/c1-2-8-33(12-13-35(23-27(39)40)11-5-30-20-26(37)38)22-25(36)31-6-14-42-16-18-44-19-17-43-15-7-32-28(41)24(29)21-34-9-3-4-10-34;/h3-4,9-10,24H,2,5-8,11-23,29H2,1H3,(H,31,36)(H,32,41)(H,37,38)(H,39,40);/q-1;+3/p-2. The summed E-state index contributed by atoms with van der Waals surface area (Å²) in [5.74, 6) is -0.983. The molecule has 16 nitrogen and oxygen atoms in total. The second-order valence-electron chi connectivity index (χ2n) is 10.8. The van der Waals surface area contributed by atoms with Gasteiger partial charge < -0.3 is 29.8 Å². The predicted octanol–water partition coefficient (Wildman–Crippen LogP) is -2.49. The van der Waals surface area contributed by atoms with Crippen LogP contribution in [0.25, 0.3) is 0 Å². The van der Waals surface area contributed by atoms with Gasteiger partial charge in [0.15, 0.2) is 0 Å². The van der Waals surface area contributed by atoms with Gasteiger partial charge in [0.1, 0.15) is 6.04 Å². The first-order valence-electron chi connectivity index (χ1n) is 15.6. The Morgan fingerprint density at radius 1 is 0.933 bits per heavy atom. The van der Waals surface area contributed by atoms with Gasteiger partial charge in [-0.15, -0.1) is 0 Å². The SMILES string of the molecule is CCCN(CCN1CC[N]2CC(=O)[O][Ga]2[O]C(=O)C1)CC(=O)NCCOCCOCCOCCNC(=O)C(N)Cn1cccc1. The predicted molar refractivity (Wildman–Crippen MR) is 164 cm³/mol. The van der Waals surface area contributed by atoms with Crippen LogP contribution in [0.5, 0.6) is 0 Å². The number of aromatic nitrogens is 1. The Hall–Kier alpha value is -2.48. The Balaban J connectivity index is 1.14. The average Bonchev–Trinajstić information content (AvgIpc) is 3.64. The molecule has 2 aliphatic rings. The van der Waals surface area contributed by atoms with Gasteiger partial charge in [-0.1, -0.05) is 0 Å². The number of rotatable bonds is 22. The van der Waals surface area contributed by atoms with E-state index in [4.69, 9.17) is 27.0 Å². The van der Waals surface area contributed by atoms with Crippen molar-refractivity contribution in [2.24, 2.45) is 5.73 Å². The number of carbonyl (C=O) groups excluding carboxylic acids is 4. The third-order valence-electron chi connectivity index (χ3n) is 7.06. The number of carbonyl (C=O) groups is 4. The third-order valence-corrected chi connectivity index (χ3v) is 11.2. The maximum atomic E-state index is 12.5. The summed E-state index contributed by atoms with van der Waals surface area (Å²) < 4.78 is 30.9. The number of hydrogen-bond donors (Lipinski definition) is 3. The number of nitrogens with two attached hydrogens (primary N) is 1. The molecule has 0 spiro atoms. The van der Waals surface area contributed by atoms with E-state index in [-0.39, 0.29) is 43.4 Å². The van der Waals surface area contributed by atoms with Gasteiger partial charge >= 0.3 is 154 Å². The van der Waals surface area contributed by atoms with E-state index in [1.54, 1.807) is 0 Å². The van der Waals surface area contributed by atoms with Crippen molar-refractivity contribution in [1.29, 1.82) is 0 Å². The van der Waals surface area contributed by atoms with E-state index < -0.39 is 23.2 Å². The normalized spacial score (nSPS) is 16.6. The Bertz CT molecular complexity index is 1040. The molecule has 4 N–H and O–H groups in total. The van der Waals surface area contributed by atoms with E-state index >= 15 is 0 Å². The van der Waals surface area contributed by atoms with Gasteiger partial charge in [0.25, 0.3) is 0 Å². The zero-order valence-corrected chi connectivity index (χ0v) is 28.7. The fourth-order valence-corrected chi connectivity index (χ4v) is 8.02. The van der Waals surface area contributed by atoms with Gasteiger partial charge in [0.05, 0.1) is 33.0 Å². The Labute approximate surface area is 270 Å². The van der Waals surface area contributed by atoms with Crippen molar-refractivity contribution >= 4 is 40.9 Å². The van der Waals surface area contributed by atoms with E-state index in [1.807, 2.05) is 37.6 Å². The van der Waals surface area contributed by atoms with Crippen molar-refractivity contribution in [2.45, 2.75) is 25.9 Å². The summed E-state index contributed by atoms with van der Waals surface area (Å²) >= 11 is -2.93. The molecule has 0 radical (unpaired) electrons. The van der Waals surface area contributed by atoms with Crippen LogP contribution in [0.15, 0.2) is 24.5 Å². The molecule has 0 bridgehead atoms. The molecule has 1 aromatic rings. The molecule has 252 valence electrons. The summed E-state index contributed by atoms with van der Waals surface area (Å²) in [6.07, 6.45) is 4.62. The van der Waals surface area contributed by atoms with Crippen molar-refractivity contribution in [3.05, 3.63) is 24.5 Å². The molecule has 0 aliphatic carbocycles. The van der Waals surface area contributed by atoms with Gasteiger partial charge in [0.2, 0.25) is 5.91 Å². The van der Waals surface area contributed by atoms with E-state index in [0.29, 0.717) is 85.5 Å². The molecule has 2 aliphatic heterocycles. The second kappa shape index (κ2) is 21.3. The van der Waals surface area contributed by atoms with Gasteiger partial charge in [0, 0.05) is 25.5 Å². The first-order chi connectivity index (χ1) is 21.8. The van der Waals surface area contributed by atoms with Gasteiger partial charge in [-0.25, -0.2) is 0 Å². The van der Waals surface area contributed by atoms with Crippen molar-refractivity contribution in [1.82, 2.24) is 28.6 Å². The van der Waals surface area contributed by atoms with E-state index in [9.17, 15) is 19.2 Å². The van der Waals surface area contributed by atoms with Crippen LogP contribution in [0.1, 0.15) is 13.3 Å². The zero-order chi connectivity index (χ0) is 32.3. The molecule has 0 saturated carbocycles. The summed E-state index contributed by atoms with van der Waals surface area (Å²) in [6.45, 7) is 9.44. The summed E-state index contributed by atoms with van der Waals surface area (Å²) in [5, 5.41) is 5.64. The number of ether oxygens (including phenoxy) is 3. The number of hydrogen-bond acceptors (Lipinski definition) is 13. The van der Waals surface area contributed by atoms with Crippen LogP contribution in [0.4, 0.5) is 0 Å². The molecule has 17 heteroatoms. The molecular formula is C28H48GaN7O9. The van der Waals surface area contributed by atoms with Crippen molar-refractivity contribution in [3.8, 4) is 0 Å². The molecule has 2 fully saturated rings. The number of fused-ring (bicyclic) bond motifs is 1. The van der Waals surface area contributed by atoms with E-state index in [0.717, 1.165) is 13.0 Å². The molecule has 1 aromatic heterocycles. The van der Waals surface area contributed by atoms with Crippen molar-refractivity contribution < 1.29 is 40.4 Å². The molecule has 45 heavy (non-hydrogen) atoms. The van der Waals surface area contributed by atoms with Gasteiger partial charge in [-0.05, 0) is 12.1 Å². The van der Waals surface area contributed by atoms with E-state index in [2.05, 4.69) is 22.5 Å². The average molecular weight is 696 g/mol. The molecule has 2 amide bonds. The van der Waals surface area contributed by atoms with Crippen LogP contribution in [-0.4, -0.2) is 170 Å². The fraction of sp³-hybridized carbons (Fsp3) is 0.714. The molecule has 1 atom stereocenters. The van der Waals surface area contributed by atoms with E-state index in [1.165, 1.54) is 0 Å². The monoisotopic (exact) mass is 695 g/mol. The van der Waals surface area contributed by atoms with Gasteiger partial charge in [-0.2, -0.15) is 0 Å². The summed E-state index contributed by atoms with van der Waals surface area (Å²) in [7, 11) is 0. The molecular weight excluding hydrogens is 648 g/mol. The second-order valence-corrected chi connectivity index (χ2v) is 14.6. The number of nitrogens with one attached hydrogen (secondary N) is 2. The van der Waals surface area contributed by atoms with Crippen LogP contribution in [0.3, 0.4) is 0 Å². The fourth-order valence-electron chi connectivity index (χ4n) is 4.73. The molecule has 3 heterocycles. The Morgan fingerprint density at radius 2 is 1.56 bits per heavy atom. The van der Waals surface area contributed by atoms with Crippen molar-refractivity contribution in [2.75, 3.05) is 105 Å². The van der Waals surface area contributed by atoms with Gasteiger partial charge in [-0.3, -0.25) is 4.79 Å². The Kier molecular flexibility index (Phi) is 17.5. The van der Waals surface area contributed by atoms with Crippen molar-refractivity contribution in [3.63, 3.8) is 0 Å². The number of nitrogens with zero attached hydrogens (tertiary/aromatic N) is 4. The van der Waals surface area contributed by atoms with Crippen LogP contribution >= 0.6 is 0 Å². The van der Waals surface area contributed by atoms with Crippen LogP contribution in [0, 0.1) is 0 Å². The zero-order valence-electron chi connectivity index (χ0n) is 26.2. The maximum absolute atomic E-state index is 12.5. The first kappa shape index (κ1) is 37.0.